The topological polar surface area (TPSA) is 52.6 Å². The number of carbonyl (C=O) groups is 2. The minimum Gasteiger partial charge on any atom is -0.462 e. The molecule has 1 heterocycles. The monoisotopic (exact) mass is 296 g/mol. The molecule has 0 bridgehead atoms. The molecule has 0 amide bonds. The lowest BCUT2D eigenvalue weighted by molar-refractivity contribution is -0.163. The zero-order valence-electron chi connectivity index (χ0n) is 11.5. The molecule has 5 heteroatoms. The molecule has 2 rings (SSSR count). The van der Waals surface area contributed by atoms with E-state index in [2.05, 4.69) is 0 Å². The highest BCUT2D eigenvalue weighted by Crippen LogP contribution is 2.31. The van der Waals surface area contributed by atoms with E-state index in [0.717, 1.165) is 5.56 Å². The zero-order valence-corrected chi connectivity index (χ0v) is 12.3. The lowest BCUT2D eigenvalue weighted by Crippen LogP contribution is -2.35. The van der Waals surface area contributed by atoms with Crippen LogP contribution in [0.5, 0.6) is 0 Å². The van der Waals surface area contributed by atoms with Crippen molar-refractivity contribution in [1.29, 1.82) is 0 Å². The largest absolute Gasteiger partial charge is 0.462 e. The zero-order chi connectivity index (χ0) is 14.8. The first-order valence-corrected chi connectivity index (χ1v) is 6.87. The van der Waals surface area contributed by atoms with Gasteiger partial charge in [0.15, 0.2) is 0 Å². The van der Waals surface area contributed by atoms with Gasteiger partial charge in [0.05, 0.1) is 0 Å². The third-order valence-corrected chi connectivity index (χ3v) is 3.50. The molecule has 0 saturated carbocycles. The van der Waals surface area contributed by atoms with Gasteiger partial charge >= 0.3 is 11.9 Å². The summed E-state index contributed by atoms with van der Waals surface area (Å²) in [5, 5.41) is 0.636. The Balaban J connectivity index is 1.88. The molecule has 1 aromatic carbocycles. The Morgan fingerprint density at radius 3 is 2.85 bits per heavy atom. The molecule has 0 unspecified atom stereocenters. The molecule has 0 aliphatic carbocycles. The first-order chi connectivity index (χ1) is 9.38. The first kappa shape index (κ1) is 14.9. The van der Waals surface area contributed by atoms with Crippen molar-refractivity contribution < 1.29 is 19.1 Å². The van der Waals surface area contributed by atoms with Gasteiger partial charge in [-0.05, 0) is 24.1 Å². The molecule has 1 atom stereocenters. The molecule has 20 heavy (non-hydrogen) atoms. The van der Waals surface area contributed by atoms with Crippen molar-refractivity contribution in [1.82, 2.24) is 0 Å². The number of halogens is 1. The summed E-state index contributed by atoms with van der Waals surface area (Å²) in [6.07, 6.45) is -0.0729. The van der Waals surface area contributed by atoms with Gasteiger partial charge in [-0.15, -0.1) is 0 Å². The smallest absolute Gasteiger partial charge is 0.348 e. The summed E-state index contributed by atoms with van der Waals surface area (Å²) in [5.74, 6) is -0.868. The summed E-state index contributed by atoms with van der Waals surface area (Å²) in [4.78, 5) is 23.4. The van der Waals surface area contributed by atoms with Gasteiger partial charge in [-0.1, -0.05) is 37.6 Å². The van der Waals surface area contributed by atoms with Crippen molar-refractivity contribution in [2.24, 2.45) is 5.41 Å². The molecular weight excluding hydrogens is 280 g/mol. The molecule has 0 radical (unpaired) electrons. The van der Waals surface area contributed by atoms with Crippen molar-refractivity contribution in [2.45, 2.75) is 32.8 Å². The molecule has 1 aliphatic heterocycles. The summed E-state index contributed by atoms with van der Waals surface area (Å²) in [5.41, 5.74) is 0.491. The first-order valence-electron chi connectivity index (χ1n) is 6.49. The van der Waals surface area contributed by atoms with Crippen LogP contribution in [0.25, 0.3) is 0 Å². The van der Waals surface area contributed by atoms with Crippen molar-refractivity contribution in [3.05, 3.63) is 34.9 Å². The number of ether oxygens (including phenoxy) is 2. The average Bonchev–Trinajstić information content (AvgIpc) is 2.63. The summed E-state index contributed by atoms with van der Waals surface area (Å²) in [6.45, 7) is 3.96. The van der Waals surface area contributed by atoms with Gasteiger partial charge in [-0.3, -0.25) is 4.79 Å². The van der Waals surface area contributed by atoms with Crippen LogP contribution in [-0.2, 0) is 25.5 Å². The van der Waals surface area contributed by atoms with Gasteiger partial charge in [0.2, 0.25) is 6.10 Å². The van der Waals surface area contributed by atoms with Crippen LogP contribution in [0.3, 0.4) is 0 Å². The molecule has 1 aliphatic rings. The third-order valence-electron chi connectivity index (χ3n) is 3.27. The van der Waals surface area contributed by atoms with E-state index in [1.807, 2.05) is 32.0 Å². The highest BCUT2D eigenvalue weighted by molar-refractivity contribution is 6.30. The number of esters is 2. The average molecular weight is 297 g/mol. The maximum absolute atomic E-state index is 11.8. The number of benzene rings is 1. The Morgan fingerprint density at radius 2 is 2.25 bits per heavy atom. The molecular formula is C15H17ClO4. The van der Waals surface area contributed by atoms with E-state index in [1.165, 1.54) is 0 Å². The maximum atomic E-state index is 11.8. The molecule has 4 nitrogen and oxygen atoms in total. The Labute approximate surface area is 123 Å². The summed E-state index contributed by atoms with van der Waals surface area (Å²) in [6, 6.07) is 7.32. The second kappa shape index (κ2) is 5.83. The van der Waals surface area contributed by atoms with Crippen LogP contribution >= 0.6 is 11.6 Å². The van der Waals surface area contributed by atoms with Gasteiger partial charge in [0, 0.05) is 16.9 Å². The van der Waals surface area contributed by atoms with Gasteiger partial charge < -0.3 is 9.47 Å². The second-order valence-electron chi connectivity index (χ2n) is 5.60. The van der Waals surface area contributed by atoms with E-state index in [0.29, 0.717) is 11.4 Å². The van der Waals surface area contributed by atoms with Crippen LogP contribution < -0.4 is 0 Å². The van der Waals surface area contributed by atoms with Crippen LogP contribution in [-0.4, -0.2) is 24.6 Å². The Bertz CT molecular complexity index is 524. The van der Waals surface area contributed by atoms with Gasteiger partial charge in [-0.25, -0.2) is 4.79 Å². The fraction of sp³-hybridized carbons (Fsp3) is 0.467. The standard InChI is InChI=1S/C15H17ClO4/c1-15(2)9-19-14(18)13(15)20-12(17)7-6-10-4-3-5-11(16)8-10/h3-5,8,13H,6-7,9H2,1-2H3/t13-/m0/s1. The summed E-state index contributed by atoms with van der Waals surface area (Å²) < 4.78 is 10.2. The van der Waals surface area contributed by atoms with Gasteiger partial charge in [0.25, 0.3) is 0 Å². The van der Waals surface area contributed by atoms with E-state index in [-0.39, 0.29) is 13.0 Å². The number of hydrogen-bond donors (Lipinski definition) is 0. The second-order valence-corrected chi connectivity index (χ2v) is 6.03. The van der Waals surface area contributed by atoms with Crippen LogP contribution in [0, 0.1) is 5.41 Å². The Hall–Kier alpha value is -1.55. The van der Waals surface area contributed by atoms with Crippen LogP contribution in [0.15, 0.2) is 24.3 Å². The number of hydrogen-bond acceptors (Lipinski definition) is 4. The highest BCUT2D eigenvalue weighted by atomic mass is 35.5. The van der Waals surface area contributed by atoms with E-state index in [4.69, 9.17) is 21.1 Å². The van der Waals surface area contributed by atoms with E-state index in [9.17, 15) is 9.59 Å². The highest BCUT2D eigenvalue weighted by Gasteiger charge is 2.46. The Kier molecular flexibility index (Phi) is 4.33. The normalized spacial score (nSPS) is 20.6. The number of rotatable bonds is 4. The summed E-state index contributed by atoms with van der Waals surface area (Å²) in [7, 11) is 0. The van der Waals surface area contributed by atoms with Gasteiger partial charge in [0.1, 0.15) is 6.61 Å². The molecule has 1 saturated heterocycles. The number of cyclic esters (lactones) is 1. The molecule has 0 N–H and O–H groups in total. The van der Waals surface area contributed by atoms with E-state index in [1.54, 1.807) is 6.07 Å². The molecule has 1 aromatic rings. The summed E-state index contributed by atoms with van der Waals surface area (Å²) >= 11 is 5.88. The van der Waals surface area contributed by atoms with Crippen molar-refractivity contribution in [3.63, 3.8) is 0 Å². The quantitative estimate of drug-likeness (QED) is 0.802. The number of carbonyl (C=O) groups excluding carboxylic acids is 2. The van der Waals surface area contributed by atoms with Crippen molar-refractivity contribution >= 4 is 23.5 Å². The van der Waals surface area contributed by atoms with Crippen LogP contribution in [0.2, 0.25) is 5.02 Å². The van der Waals surface area contributed by atoms with Crippen molar-refractivity contribution in [3.8, 4) is 0 Å². The number of aryl methyl sites for hydroxylation is 1. The van der Waals surface area contributed by atoms with E-state index >= 15 is 0 Å². The maximum Gasteiger partial charge on any atom is 0.348 e. The van der Waals surface area contributed by atoms with Gasteiger partial charge in [-0.2, -0.15) is 0 Å². The molecule has 0 spiro atoms. The predicted molar refractivity (Wildman–Crippen MR) is 74.4 cm³/mol. The Morgan fingerprint density at radius 1 is 1.50 bits per heavy atom. The molecule has 108 valence electrons. The molecule has 1 fully saturated rings. The predicted octanol–water partition coefficient (Wildman–Crippen LogP) is 2.77. The SMILES string of the molecule is CC1(C)COC(=O)[C@@H]1OC(=O)CCc1cccc(Cl)c1. The minimum atomic E-state index is -0.811. The fourth-order valence-electron chi connectivity index (χ4n) is 2.06. The van der Waals surface area contributed by atoms with Crippen molar-refractivity contribution in [2.75, 3.05) is 6.61 Å². The van der Waals surface area contributed by atoms with E-state index < -0.39 is 23.5 Å². The van der Waals surface area contributed by atoms with Crippen LogP contribution in [0.4, 0.5) is 0 Å². The minimum absolute atomic E-state index is 0.209. The lowest BCUT2D eigenvalue weighted by Gasteiger charge is -2.21. The van der Waals surface area contributed by atoms with Crippen LogP contribution in [0.1, 0.15) is 25.8 Å². The fourth-order valence-corrected chi connectivity index (χ4v) is 2.28. The lowest BCUT2D eigenvalue weighted by atomic mass is 9.90. The third kappa shape index (κ3) is 3.51. The molecule has 0 aromatic heterocycles.